The van der Waals surface area contributed by atoms with Crippen LogP contribution in [0.5, 0.6) is 0 Å². The number of nitriles is 1. The Kier molecular flexibility index (Phi) is 15.5. The van der Waals surface area contributed by atoms with Gasteiger partial charge >= 0.3 is 0 Å². The molecule has 0 aromatic carbocycles. The topological polar surface area (TPSA) is 42.2 Å². The second kappa shape index (κ2) is 15.1. The molecule has 0 N–H and O–H groups in total. The van der Waals surface area contributed by atoms with Gasteiger partial charge < -0.3 is 9.05 Å². The molecule has 0 amide bonds. The second-order valence-corrected chi connectivity index (χ2v) is 10.8. The summed E-state index contributed by atoms with van der Waals surface area (Å²) < 4.78 is 11.0. The quantitative estimate of drug-likeness (QED) is 0.315. The van der Waals surface area contributed by atoms with Crippen molar-refractivity contribution in [2.24, 2.45) is 11.8 Å². The summed E-state index contributed by atoms with van der Waals surface area (Å²) in [6.45, 7) is 9.54. The standard InChI is InChI=1S/C14H26NO2P.C2H6ClP/c1-3-4-7-13-12-14(13)8-5-10-16-18(2)17-11-6-9-15;1-4(2)3/h13-14H,3-8,10-12H2,1-2H3;1-2H3. The first kappa shape index (κ1) is 22.6. The van der Waals surface area contributed by atoms with Gasteiger partial charge in [-0.05, 0) is 51.7 Å². The van der Waals surface area contributed by atoms with E-state index in [0.29, 0.717) is 13.0 Å². The third-order valence-electron chi connectivity index (χ3n) is 3.48. The maximum absolute atomic E-state index is 8.38. The van der Waals surface area contributed by atoms with E-state index in [1.165, 1.54) is 32.1 Å². The molecule has 130 valence electrons. The Bertz CT molecular complexity index is 298. The Labute approximate surface area is 144 Å². The Morgan fingerprint density at radius 1 is 1.09 bits per heavy atom. The van der Waals surface area contributed by atoms with Gasteiger partial charge in [-0.15, -0.1) is 0 Å². The van der Waals surface area contributed by atoms with Crippen LogP contribution >= 0.6 is 26.9 Å². The molecule has 3 unspecified atom stereocenters. The minimum absolute atomic E-state index is 0.148. The normalized spacial score (nSPS) is 21.0. The summed E-state index contributed by atoms with van der Waals surface area (Å²) in [5, 5.41) is 8.38. The molecule has 0 aromatic heterocycles. The van der Waals surface area contributed by atoms with Crippen LogP contribution in [-0.4, -0.2) is 33.2 Å². The van der Waals surface area contributed by atoms with Gasteiger partial charge in [-0.25, -0.2) is 0 Å². The van der Waals surface area contributed by atoms with Gasteiger partial charge in [-0.3, -0.25) is 0 Å². The predicted molar refractivity (Wildman–Crippen MR) is 100.0 cm³/mol. The largest absolute Gasteiger partial charge is 0.334 e. The molecule has 1 aliphatic rings. The Hall–Kier alpha value is 0.560. The highest BCUT2D eigenvalue weighted by Crippen LogP contribution is 2.45. The maximum atomic E-state index is 8.38. The van der Waals surface area contributed by atoms with E-state index in [0.717, 1.165) is 24.9 Å². The van der Waals surface area contributed by atoms with Crippen molar-refractivity contribution < 1.29 is 9.05 Å². The van der Waals surface area contributed by atoms with Crippen molar-refractivity contribution in [3.8, 4) is 6.07 Å². The van der Waals surface area contributed by atoms with Crippen LogP contribution in [0, 0.1) is 23.2 Å². The monoisotopic (exact) mass is 367 g/mol. The average Bonchev–Trinajstić information content (AvgIpc) is 3.19. The van der Waals surface area contributed by atoms with Crippen LogP contribution < -0.4 is 0 Å². The SMILES string of the molecule is CCCCC1CC1CCCOP(C)OCCC#N.CP(C)Cl. The van der Waals surface area contributed by atoms with Crippen LogP contribution in [0.2, 0.25) is 0 Å². The van der Waals surface area contributed by atoms with E-state index in [9.17, 15) is 0 Å². The number of hydrogen-bond acceptors (Lipinski definition) is 3. The van der Waals surface area contributed by atoms with Crippen LogP contribution in [0.3, 0.4) is 0 Å². The smallest absolute Gasteiger partial charge is 0.167 e. The molecule has 0 radical (unpaired) electrons. The molecule has 1 rings (SSSR count). The van der Waals surface area contributed by atoms with E-state index in [1.54, 1.807) is 0 Å². The van der Waals surface area contributed by atoms with Crippen molar-refractivity contribution in [3.05, 3.63) is 0 Å². The van der Waals surface area contributed by atoms with Crippen LogP contribution in [0.4, 0.5) is 0 Å². The summed E-state index contributed by atoms with van der Waals surface area (Å²) >= 11 is 5.34. The fourth-order valence-electron chi connectivity index (χ4n) is 2.28. The van der Waals surface area contributed by atoms with E-state index in [-0.39, 0.29) is 7.27 Å². The van der Waals surface area contributed by atoms with Crippen molar-refractivity contribution in [1.29, 1.82) is 5.26 Å². The van der Waals surface area contributed by atoms with E-state index in [2.05, 4.69) is 13.0 Å². The Balaban J connectivity index is 0.000000980. The van der Waals surface area contributed by atoms with E-state index in [1.807, 2.05) is 20.0 Å². The number of rotatable bonds is 11. The van der Waals surface area contributed by atoms with Gasteiger partial charge in [-0.2, -0.15) is 5.26 Å². The molecule has 0 aromatic rings. The molecule has 1 aliphatic carbocycles. The molecule has 1 saturated carbocycles. The molecule has 0 saturated heterocycles. The zero-order valence-corrected chi connectivity index (χ0v) is 17.1. The lowest BCUT2D eigenvalue weighted by Gasteiger charge is -2.11. The summed E-state index contributed by atoms with van der Waals surface area (Å²) in [6, 6.07) is 2.06. The first-order chi connectivity index (χ1) is 10.5. The summed E-state index contributed by atoms with van der Waals surface area (Å²) in [5.74, 6) is 1.99. The van der Waals surface area contributed by atoms with Crippen molar-refractivity contribution in [1.82, 2.24) is 0 Å². The summed E-state index contributed by atoms with van der Waals surface area (Å²) in [5.41, 5.74) is 0. The highest BCUT2D eigenvalue weighted by Gasteiger charge is 2.35. The van der Waals surface area contributed by atoms with Gasteiger partial charge in [0.1, 0.15) is 0 Å². The number of unbranched alkanes of at least 4 members (excludes halogenated alkanes) is 1. The van der Waals surface area contributed by atoms with Gasteiger partial charge in [0.25, 0.3) is 0 Å². The number of halogens is 1. The molecule has 1 fully saturated rings. The first-order valence-corrected chi connectivity index (χ1v) is 13.0. The lowest BCUT2D eigenvalue weighted by Crippen LogP contribution is -1.95. The summed E-state index contributed by atoms with van der Waals surface area (Å²) in [6.07, 6.45) is 8.52. The molecule has 0 spiro atoms. The first-order valence-electron chi connectivity index (χ1n) is 8.20. The molecular weight excluding hydrogens is 336 g/mol. The molecule has 0 aliphatic heterocycles. The maximum Gasteiger partial charge on any atom is 0.167 e. The fraction of sp³-hybridized carbons (Fsp3) is 0.938. The Morgan fingerprint density at radius 3 is 2.18 bits per heavy atom. The van der Waals surface area contributed by atoms with Gasteiger partial charge in [-0.1, -0.05) is 37.4 Å². The zero-order valence-electron chi connectivity index (χ0n) is 14.6. The highest BCUT2D eigenvalue weighted by molar-refractivity contribution is 7.82. The number of hydrogen-bond donors (Lipinski definition) is 0. The molecule has 0 bridgehead atoms. The zero-order chi connectivity index (χ0) is 16.8. The van der Waals surface area contributed by atoms with Gasteiger partial charge in [0.15, 0.2) is 8.38 Å². The third-order valence-corrected chi connectivity index (χ3v) is 4.57. The summed E-state index contributed by atoms with van der Waals surface area (Å²) in [4.78, 5) is 0. The molecule has 0 heterocycles. The molecule has 22 heavy (non-hydrogen) atoms. The molecule has 3 nitrogen and oxygen atoms in total. The van der Waals surface area contributed by atoms with Crippen molar-refractivity contribution in [2.45, 2.75) is 51.9 Å². The molecular formula is C16H32ClNO2P2. The van der Waals surface area contributed by atoms with Crippen LogP contribution in [0.25, 0.3) is 0 Å². The van der Waals surface area contributed by atoms with Crippen molar-refractivity contribution in [2.75, 3.05) is 33.2 Å². The minimum atomic E-state index is -0.774. The van der Waals surface area contributed by atoms with Crippen LogP contribution in [-0.2, 0) is 9.05 Å². The minimum Gasteiger partial charge on any atom is -0.334 e. The van der Waals surface area contributed by atoms with E-state index < -0.39 is 8.38 Å². The van der Waals surface area contributed by atoms with Crippen molar-refractivity contribution >= 4 is 26.9 Å². The van der Waals surface area contributed by atoms with E-state index >= 15 is 0 Å². The van der Waals surface area contributed by atoms with E-state index in [4.69, 9.17) is 25.6 Å². The fourth-order valence-corrected chi connectivity index (χ4v) is 3.09. The van der Waals surface area contributed by atoms with Gasteiger partial charge in [0.05, 0.1) is 25.7 Å². The lowest BCUT2D eigenvalue weighted by molar-refractivity contribution is 0.250. The number of nitrogens with zero attached hydrogens (tertiary/aromatic N) is 1. The average molecular weight is 368 g/mol. The molecule has 3 atom stereocenters. The predicted octanol–water partition coefficient (Wildman–Crippen LogP) is 6.36. The summed E-state index contributed by atoms with van der Waals surface area (Å²) in [7, 11) is -0.922. The molecule has 6 heteroatoms. The Morgan fingerprint density at radius 2 is 1.64 bits per heavy atom. The second-order valence-electron chi connectivity index (χ2n) is 5.84. The van der Waals surface area contributed by atoms with Gasteiger partial charge in [0.2, 0.25) is 0 Å². The third kappa shape index (κ3) is 15.5. The van der Waals surface area contributed by atoms with Crippen LogP contribution in [0.1, 0.15) is 51.9 Å². The lowest BCUT2D eigenvalue weighted by atomic mass is 10.1. The van der Waals surface area contributed by atoms with Crippen molar-refractivity contribution in [3.63, 3.8) is 0 Å². The van der Waals surface area contributed by atoms with Crippen LogP contribution in [0.15, 0.2) is 0 Å². The highest BCUT2D eigenvalue weighted by atomic mass is 35.7. The van der Waals surface area contributed by atoms with Gasteiger partial charge in [0, 0.05) is 6.66 Å².